The molecule has 1 atom stereocenters. The Kier molecular flexibility index (Phi) is 8.43. The summed E-state index contributed by atoms with van der Waals surface area (Å²) in [6.45, 7) is 5.74. The summed E-state index contributed by atoms with van der Waals surface area (Å²) in [6, 6.07) is 4.95. The zero-order chi connectivity index (χ0) is 19.6. The van der Waals surface area contributed by atoms with Crippen LogP contribution in [0.5, 0.6) is 5.75 Å². The van der Waals surface area contributed by atoms with Crippen LogP contribution in [0, 0.1) is 6.92 Å². The van der Waals surface area contributed by atoms with Gasteiger partial charge in [0.25, 0.3) is 0 Å². The van der Waals surface area contributed by atoms with Gasteiger partial charge < -0.3 is 20.1 Å². The second-order valence-electron chi connectivity index (χ2n) is 5.74. The number of amides is 2. The van der Waals surface area contributed by atoms with Crippen LogP contribution >= 0.6 is 15.9 Å². The third kappa shape index (κ3) is 7.12. The molecule has 0 saturated heterocycles. The van der Waals surface area contributed by atoms with E-state index in [0.717, 1.165) is 16.7 Å². The number of rotatable bonds is 9. The Morgan fingerprint density at radius 3 is 2.74 bits per heavy atom. The summed E-state index contributed by atoms with van der Waals surface area (Å²) in [5, 5.41) is 8.63. The second-order valence-corrected chi connectivity index (χ2v) is 6.65. The maximum absolute atomic E-state index is 12.3. The first kappa shape index (κ1) is 21.1. The molecule has 9 heteroatoms. The van der Waals surface area contributed by atoms with Gasteiger partial charge in [0.15, 0.2) is 5.82 Å². The quantitative estimate of drug-likeness (QED) is 0.557. The number of nitrogens with one attached hydrogen (secondary N) is 3. The van der Waals surface area contributed by atoms with E-state index >= 15 is 0 Å². The van der Waals surface area contributed by atoms with Crippen molar-refractivity contribution in [3.05, 3.63) is 40.8 Å². The number of halogens is 1. The zero-order valence-corrected chi connectivity index (χ0v) is 17.2. The number of hydrogen-bond acceptors (Lipinski definition) is 6. The number of carbonyl (C=O) groups is 1. The number of aryl methyl sites for hydroxylation is 1. The Morgan fingerprint density at radius 1 is 1.26 bits per heavy atom. The number of carbonyl (C=O) groups excluding carboxylic acids is 1. The number of nitrogens with zero attached hydrogens (tertiary/aromatic N) is 2. The summed E-state index contributed by atoms with van der Waals surface area (Å²) in [7, 11) is 1.64. The molecule has 1 unspecified atom stereocenters. The van der Waals surface area contributed by atoms with Crippen LogP contribution in [-0.2, 0) is 4.74 Å². The van der Waals surface area contributed by atoms with Crippen molar-refractivity contribution < 1.29 is 14.3 Å². The van der Waals surface area contributed by atoms with Gasteiger partial charge in [0, 0.05) is 18.1 Å². The van der Waals surface area contributed by atoms with E-state index in [9.17, 15) is 4.79 Å². The molecule has 1 aromatic heterocycles. The van der Waals surface area contributed by atoms with Gasteiger partial charge in [0.1, 0.15) is 18.5 Å². The van der Waals surface area contributed by atoms with Gasteiger partial charge in [-0.15, -0.1) is 0 Å². The zero-order valence-electron chi connectivity index (χ0n) is 15.6. The molecule has 8 nitrogen and oxygen atoms in total. The summed E-state index contributed by atoms with van der Waals surface area (Å²) in [5.41, 5.74) is 1.30. The first-order valence-corrected chi connectivity index (χ1v) is 9.33. The molecule has 146 valence electrons. The number of anilines is 2. The smallest absolute Gasteiger partial charge is 0.325 e. The molecule has 0 spiro atoms. The van der Waals surface area contributed by atoms with Gasteiger partial charge in [-0.25, -0.2) is 9.78 Å². The summed E-state index contributed by atoms with van der Waals surface area (Å²) in [5.74, 6) is 0.905. The molecular formula is C18H24BrN5O3. The predicted octanol–water partition coefficient (Wildman–Crippen LogP) is 3.19. The highest BCUT2D eigenvalue weighted by atomic mass is 79.9. The monoisotopic (exact) mass is 437 g/mol. The summed E-state index contributed by atoms with van der Waals surface area (Å²) < 4.78 is 12.1. The molecule has 0 fully saturated rings. The Hall–Kier alpha value is -2.23. The van der Waals surface area contributed by atoms with Crippen LogP contribution in [0.4, 0.5) is 16.3 Å². The fourth-order valence-corrected chi connectivity index (χ4v) is 2.51. The highest BCUT2D eigenvalue weighted by Gasteiger charge is 2.13. The SMILES string of the molecule is CCNCC(COc1ccc(Br)cc1NC(=O)Nc1cnc(C)cn1)OC. The normalized spacial score (nSPS) is 11.7. The first-order chi connectivity index (χ1) is 13.0. The van der Waals surface area contributed by atoms with Gasteiger partial charge in [0.05, 0.1) is 23.8 Å². The molecule has 2 rings (SSSR count). The van der Waals surface area contributed by atoms with Gasteiger partial charge >= 0.3 is 6.03 Å². The standard InChI is InChI=1S/C18H24BrN5O3/c1-4-20-9-14(26-3)11-27-16-6-5-13(19)7-15(16)23-18(25)24-17-10-21-12(2)8-22-17/h5-8,10,14,20H,4,9,11H2,1-3H3,(H2,22,23,24,25). The number of hydrogen-bond donors (Lipinski definition) is 3. The number of methoxy groups -OCH3 is 1. The lowest BCUT2D eigenvalue weighted by Gasteiger charge is -2.18. The van der Waals surface area contributed by atoms with Gasteiger partial charge in [-0.2, -0.15) is 0 Å². The van der Waals surface area contributed by atoms with E-state index in [2.05, 4.69) is 41.8 Å². The minimum absolute atomic E-state index is 0.0990. The molecule has 0 bridgehead atoms. The Labute approximate surface area is 167 Å². The molecule has 0 aliphatic rings. The van der Waals surface area contributed by atoms with Gasteiger partial charge in [0.2, 0.25) is 0 Å². The Balaban J connectivity index is 2.01. The van der Waals surface area contributed by atoms with E-state index in [1.165, 1.54) is 6.20 Å². The Morgan fingerprint density at radius 2 is 2.07 bits per heavy atom. The van der Waals surface area contributed by atoms with E-state index < -0.39 is 6.03 Å². The van der Waals surface area contributed by atoms with Crippen molar-refractivity contribution in [1.29, 1.82) is 0 Å². The van der Waals surface area contributed by atoms with Crippen molar-refractivity contribution >= 4 is 33.5 Å². The van der Waals surface area contributed by atoms with Gasteiger partial charge in [-0.1, -0.05) is 22.9 Å². The maximum Gasteiger partial charge on any atom is 0.325 e. The van der Waals surface area contributed by atoms with Crippen molar-refractivity contribution in [2.24, 2.45) is 0 Å². The van der Waals surface area contributed by atoms with E-state index in [1.54, 1.807) is 25.4 Å². The Bertz CT molecular complexity index is 742. The van der Waals surface area contributed by atoms with Crippen molar-refractivity contribution in [3.63, 3.8) is 0 Å². The summed E-state index contributed by atoms with van der Waals surface area (Å²) in [4.78, 5) is 20.5. The molecule has 2 amide bonds. The summed E-state index contributed by atoms with van der Waals surface area (Å²) >= 11 is 3.40. The minimum atomic E-state index is -0.438. The van der Waals surface area contributed by atoms with E-state index in [0.29, 0.717) is 30.4 Å². The highest BCUT2D eigenvalue weighted by Crippen LogP contribution is 2.28. The largest absolute Gasteiger partial charge is 0.489 e. The van der Waals surface area contributed by atoms with Crippen LogP contribution in [0.15, 0.2) is 35.1 Å². The van der Waals surface area contributed by atoms with E-state index in [-0.39, 0.29) is 6.10 Å². The molecule has 0 aliphatic carbocycles. The molecule has 0 saturated carbocycles. The summed E-state index contributed by atoms with van der Waals surface area (Å²) in [6.07, 6.45) is 2.98. The van der Waals surface area contributed by atoms with Crippen molar-refractivity contribution in [2.45, 2.75) is 20.0 Å². The minimum Gasteiger partial charge on any atom is -0.489 e. The molecule has 1 aromatic carbocycles. The lowest BCUT2D eigenvalue weighted by Crippen LogP contribution is -2.33. The predicted molar refractivity (Wildman–Crippen MR) is 108 cm³/mol. The molecule has 2 aromatic rings. The molecule has 0 aliphatic heterocycles. The molecule has 1 heterocycles. The third-order valence-electron chi connectivity index (χ3n) is 3.59. The maximum atomic E-state index is 12.3. The number of likely N-dealkylation sites (N-methyl/N-ethyl adjacent to an activating group) is 1. The number of urea groups is 1. The third-order valence-corrected chi connectivity index (χ3v) is 4.09. The molecular weight excluding hydrogens is 414 g/mol. The highest BCUT2D eigenvalue weighted by molar-refractivity contribution is 9.10. The van der Waals surface area contributed by atoms with Crippen molar-refractivity contribution in [1.82, 2.24) is 15.3 Å². The van der Waals surface area contributed by atoms with Crippen molar-refractivity contribution in [2.75, 3.05) is 37.4 Å². The number of aromatic nitrogens is 2. The average molecular weight is 438 g/mol. The second kappa shape index (κ2) is 10.8. The topological polar surface area (TPSA) is 97.4 Å². The van der Waals surface area contributed by atoms with E-state index in [1.807, 2.05) is 19.9 Å². The molecule has 0 radical (unpaired) electrons. The van der Waals surface area contributed by atoms with Crippen LogP contribution in [-0.4, -0.2) is 48.9 Å². The fourth-order valence-electron chi connectivity index (χ4n) is 2.15. The van der Waals surface area contributed by atoms with Crippen molar-refractivity contribution in [3.8, 4) is 5.75 Å². The van der Waals surface area contributed by atoms with Crippen LogP contribution in [0.2, 0.25) is 0 Å². The number of benzene rings is 1. The first-order valence-electron chi connectivity index (χ1n) is 8.54. The average Bonchev–Trinajstić information content (AvgIpc) is 2.65. The van der Waals surface area contributed by atoms with Crippen LogP contribution in [0.25, 0.3) is 0 Å². The van der Waals surface area contributed by atoms with Gasteiger partial charge in [-0.05, 0) is 31.7 Å². The van der Waals surface area contributed by atoms with Crippen LogP contribution in [0.1, 0.15) is 12.6 Å². The van der Waals surface area contributed by atoms with Gasteiger partial charge in [-0.3, -0.25) is 10.3 Å². The fraction of sp³-hybridized carbons (Fsp3) is 0.389. The number of ether oxygens (including phenoxy) is 2. The van der Waals surface area contributed by atoms with Crippen LogP contribution < -0.4 is 20.7 Å². The van der Waals surface area contributed by atoms with Crippen LogP contribution in [0.3, 0.4) is 0 Å². The molecule has 27 heavy (non-hydrogen) atoms. The lowest BCUT2D eigenvalue weighted by molar-refractivity contribution is 0.0587. The molecule has 3 N–H and O–H groups in total. The van der Waals surface area contributed by atoms with E-state index in [4.69, 9.17) is 9.47 Å². The lowest BCUT2D eigenvalue weighted by atomic mass is 10.3.